The van der Waals surface area contributed by atoms with Gasteiger partial charge < -0.3 is 0 Å². The molecule has 0 N–H and O–H groups in total. The second kappa shape index (κ2) is 10.6. The normalized spacial score (nSPS) is 9.90. The zero-order valence-electron chi connectivity index (χ0n) is 19.0. The lowest BCUT2D eigenvalue weighted by molar-refractivity contribution is 1.32. The summed E-state index contributed by atoms with van der Waals surface area (Å²) in [5, 5.41) is 2.71. The second-order valence-electron chi connectivity index (χ2n) is 8.12. The molecule has 0 spiro atoms. The first-order valence-corrected chi connectivity index (χ1v) is 10.3. The lowest BCUT2D eigenvalue weighted by atomic mass is 10.0. The van der Waals surface area contributed by atoms with E-state index in [-0.39, 0.29) is 0 Å². The first-order chi connectivity index (χ1) is 13.7. The summed E-state index contributed by atoms with van der Waals surface area (Å²) >= 11 is 0. The number of hydrogen-bond donors (Lipinski definition) is 0. The maximum atomic E-state index is 2.22. The van der Waals surface area contributed by atoms with Gasteiger partial charge in [0.2, 0.25) is 0 Å². The van der Waals surface area contributed by atoms with E-state index in [0.717, 1.165) is 0 Å². The zero-order chi connectivity index (χ0) is 21.4. The van der Waals surface area contributed by atoms with Gasteiger partial charge in [0.15, 0.2) is 0 Å². The fraction of sp³-hybridized carbons (Fsp3) is 0.241. The summed E-state index contributed by atoms with van der Waals surface area (Å²) in [7, 11) is 0. The molecule has 0 saturated heterocycles. The van der Waals surface area contributed by atoms with Crippen molar-refractivity contribution in [2.45, 2.75) is 48.5 Å². The van der Waals surface area contributed by atoms with Gasteiger partial charge in [-0.15, -0.1) is 0 Å². The summed E-state index contributed by atoms with van der Waals surface area (Å²) in [6.45, 7) is 14.9. The van der Waals surface area contributed by atoms with E-state index in [1.165, 1.54) is 49.7 Å². The largest absolute Gasteiger partial charge is 0.0617 e. The molecule has 4 aromatic carbocycles. The maximum Gasteiger partial charge on any atom is -0.0155 e. The Morgan fingerprint density at radius 2 is 0.828 bits per heavy atom. The molecule has 4 rings (SSSR count). The predicted octanol–water partition coefficient (Wildman–Crippen LogP) is 8.37. The second-order valence-corrected chi connectivity index (χ2v) is 8.12. The fourth-order valence-corrected chi connectivity index (χ4v) is 3.57. The summed E-state index contributed by atoms with van der Waals surface area (Å²) in [6.07, 6.45) is 0. The third kappa shape index (κ3) is 7.58. The molecule has 0 aliphatic rings. The molecule has 0 heterocycles. The average Bonchev–Trinajstić information content (AvgIpc) is 2.61. The van der Waals surface area contributed by atoms with Crippen molar-refractivity contribution in [3.05, 3.63) is 118 Å². The summed E-state index contributed by atoms with van der Waals surface area (Å²) in [5.41, 5.74) is 9.42. The number of hydrogen-bond acceptors (Lipinski definition) is 0. The molecular formula is C29H34. The number of aryl methyl sites for hydroxylation is 7. The highest BCUT2D eigenvalue weighted by molar-refractivity contribution is 5.86. The van der Waals surface area contributed by atoms with Gasteiger partial charge in [-0.2, -0.15) is 0 Å². The van der Waals surface area contributed by atoms with Crippen molar-refractivity contribution < 1.29 is 0 Å². The Kier molecular flexibility index (Phi) is 8.21. The molecule has 0 atom stereocenters. The van der Waals surface area contributed by atoms with Crippen molar-refractivity contribution in [1.82, 2.24) is 0 Å². The highest BCUT2D eigenvalue weighted by Gasteiger charge is 1.95. The van der Waals surface area contributed by atoms with Crippen LogP contribution < -0.4 is 0 Å². The molecule has 0 unspecified atom stereocenters. The Morgan fingerprint density at radius 3 is 1.31 bits per heavy atom. The minimum Gasteiger partial charge on any atom is -0.0617 e. The Labute approximate surface area is 177 Å². The smallest absolute Gasteiger partial charge is 0.0155 e. The number of rotatable bonds is 0. The van der Waals surface area contributed by atoms with E-state index in [4.69, 9.17) is 0 Å². The van der Waals surface area contributed by atoms with Crippen molar-refractivity contribution in [3.8, 4) is 0 Å². The van der Waals surface area contributed by atoms with Crippen LogP contribution in [-0.2, 0) is 0 Å². The molecule has 0 nitrogen and oxygen atoms in total. The predicted molar refractivity (Wildman–Crippen MR) is 130 cm³/mol. The molecule has 29 heavy (non-hydrogen) atoms. The van der Waals surface area contributed by atoms with Gasteiger partial charge in [0.25, 0.3) is 0 Å². The highest BCUT2D eigenvalue weighted by atomic mass is 14.0. The third-order valence-corrected chi connectivity index (χ3v) is 4.79. The van der Waals surface area contributed by atoms with E-state index in [1.807, 2.05) is 0 Å². The van der Waals surface area contributed by atoms with Crippen LogP contribution in [0.3, 0.4) is 0 Å². The van der Waals surface area contributed by atoms with Gasteiger partial charge in [-0.1, -0.05) is 112 Å². The van der Waals surface area contributed by atoms with Crippen molar-refractivity contribution in [2.75, 3.05) is 0 Å². The fourth-order valence-electron chi connectivity index (χ4n) is 3.57. The Balaban J connectivity index is 0.000000160. The van der Waals surface area contributed by atoms with Gasteiger partial charge in [0, 0.05) is 0 Å². The van der Waals surface area contributed by atoms with E-state index in [1.54, 1.807) is 0 Å². The van der Waals surface area contributed by atoms with Gasteiger partial charge in [0.1, 0.15) is 0 Å². The summed E-state index contributed by atoms with van der Waals surface area (Å²) < 4.78 is 0. The monoisotopic (exact) mass is 382 g/mol. The van der Waals surface area contributed by atoms with Gasteiger partial charge in [0.05, 0.1) is 0 Å². The third-order valence-electron chi connectivity index (χ3n) is 4.79. The van der Waals surface area contributed by atoms with Gasteiger partial charge in [-0.05, 0) is 64.8 Å². The minimum absolute atomic E-state index is 1.33. The quantitative estimate of drug-likeness (QED) is 0.286. The van der Waals surface area contributed by atoms with Crippen LogP contribution in [0.1, 0.15) is 38.9 Å². The van der Waals surface area contributed by atoms with Gasteiger partial charge in [-0.3, -0.25) is 0 Å². The van der Waals surface area contributed by atoms with Crippen LogP contribution in [0, 0.1) is 48.5 Å². The van der Waals surface area contributed by atoms with Crippen molar-refractivity contribution in [1.29, 1.82) is 0 Å². The summed E-state index contributed by atoms with van der Waals surface area (Å²) in [6, 6.07) is 28.0. The van der Waals surface area contributed by atoms with Crippen molar-refractivity contribution in [3.63, 3.8) is 0 Å². The number of fused-ring (bicyclic) bond motifs is 1. The Bertz CT molecular complexity index is 1000. The van der Waals surface area contributed by atoms with Crippen LogP contribution >= 0.6 is 0 Å². The topological polar surface area (TPSA) is 0 Å². The Morgan fingerprint density at radius 1 is 0.379 bits per heavy atom. The SMILES string of the molecule is Cc1cc(C)cc(C)c1.Cc1ccc2c(C)cccc2c1.Cc1cccc(C)c1. The average molecular weight is 383 g/mol. The summed E-state index contributed by atoms with van der Waals surface area (Å²) in [4.78, 5) is 0. The molecule has 0 aliphatic heterocycles. The van der Waals surface area contributed by atoms with Crippen LogP contribution in [0.2, 0.25) is 0 Å². The number of benzene rings is 4. The molecule has 0 fully saturated rings. The van der Waals surface area contributed by atoms with Crippen LogP contribution in [0.5, 0.6) is 0 Å². The maximum absolute atomic E-state index is 2.22. The van der Waals surface area contributed by atoms with Gasteiger partial charge >= 0.3 is 0 Å². The summed E-state index contributed by atoms with van der Waals surface area (Å²) in [5.74, 6) is 0. The molecular weight excluding hydrogens is 348 g/mol. The first kappa shape index (κ1) is 22.4. The van der Waals surface area contributed by atoms with Crippen LogP contribution in [0.15, 0.2) is 78.9 Å². The van der Waals surface area contributed by atoms with Crippen molar-refractivity contribution >= 4 is 10.8 Å². The molecule has 0 amide bonds. The molecule has 0 radical (unpaired) electrons. The lowest BCUT2D eigenvalue weighted by Gasteiger charge is -2.01. The van der Waals surface area contributed by atoms with E-state index < -0.39 is 0 Å². The molecule has 0 heteroatoms. The standard InChI is InChI=1S/C12H12.C9H12.C8H10/c1-9-6-7-12-10(2)4-3-5-11(12)8-9;1-7-4-8(2)6-9(3)5-7;1-7-4-3-5-8(2)6-7/h3-8H,1-2H3;4-6H,1-3H3;3-6H,1-2H3. The molecule has 150 valence electrons. The molecule has 0 bridgehead atoms. The van der Waals surface area contributed by atoms with Crippen molar-refractivity contribution in [2.24, 2.45) is 0 Å². The van der Waals surface area contributed by atoms with Crippen LogP contribution in [-0.4, -0.2) is 0 Å². The molecule has 4 aromatic rings. The first-order valence-electron chi connectivity index (χ1n) is 10.3. The van der Waals surface area contributed by atoms with E-state index >= 15 is 0 Å². The van der Waals surface area contributed by atoms with Crippen LogP contribution in [0.25, 0.3) is 10.8 Å². The molecule has 0 saturated carbocycles. The molecule has 0 aromatic heterocycles. The van der Waals surface area contributed by atoms with E-state index in [2.05, 4.69) is 127 Å². The Hall–Kier alpha value is -2.86. The van der Waals surface area contributed by atoms with E-state index in [0.29, 0.717) is 0 Å². The molecule has 0 aliphatic carbocycles. The highest BCUT2D eigenvalue weighted by Crippen LogP contribution is 2.18. The van der Waals surface area contributed by atoms with Crippen LogP contribution in [0.4, 0.5) is 0 Å². The lowest BCUT2D eigenvalue weighted by Crippen LogP contribution is -1.78. The van der Waals surface area contributed by atoms with Gasteiger partial charge in [-0.25, -0.2) is 0 Å². The van der Waals surface area contributed by atoms with E-state index in [9.17, 15) is 0 Å². The zero-order valence-corrected chi connectivity index (χ0v) is 19.0. The minimum atomic E-state index is 1.33.